The standard InChI is InChI=1S/C8H9NO3.C6H6/c10-7-3-1-6(2-4-7)9-5-8(11)12;1-2-4-6-5-3-1/h1-4,9-10H,5H2,(H,11,12);1-6H. The van der Waals surface area contributed by atoms with Crippen molar-refractivity contribution >= 4 is 11.7 Å². The second-order valence-corrected chi connectivity index (χ2v) is 3.45. The van der Waals surface area contributed by atoms with Crippen molar-refractivity contribution in [3.8, 4) is 5.75 Å². The molecule has 4 nitrogen and oxygen atoms in total. The third kappa shape index (κ3) is 6.17. The Kier molecular flexibility index (Phi) is 5.83. The highest BCUT2D eigenvalue weighted by atomic mass is 16.4. The highest BCUT2D eigenvalue weighted by molar-refractivity contribution is 5.72. The van der Waals surface area contributed by atoms with Crippen molar-refractivity contribution in [2.45, 2.75) is 0 Å². The molecule has 2 rings (SSSR count). The molecule has 0 aliphatic carbocycles. The van der Waals surface area contributed by atoms with Crippen LogP contribution in [-0.2, 0) is 4.79 Å². The molecule has 0 aliphatic heterocycles. The number of hydrogen-bond donors (Lipinski definition) is 3. The van der Waals surface area contributed by atoms with Gasteiger partial charge in [0.2, 0.25) is 0 Å². The highest BCUT2D eigenvalue weighted by Gasteiger charge is 1.95. The predicted molar refractivity (Wildman–Crippen MR) is 70.7 cm³/mol. The van der Waals surface area contributed by atoms with Crippen LogP contribution in [0.15, 0.2) is 60.7 Å². The molecule has 2 aromatic carbocycles. The number of hydrogen-bond acceptors (Lipinski definition) is 3. The molecule has 0 saturated carbocycles. The van der Waals surface area contributed by atoms with Gasteiger partial charge in [-0.2, -0.15) is 0 Å². The molecule has 4 heteroatoms. The van der Waals surface area contributed by atoms with Crippen molar-refractivity contribution in [3.63, 3.8) is 0 Å². The SMILES string of the molecule is O=C(O)CNc1ccc(O)cc1.c1ccccc1. The van der Waals surface area contributed by atoms with Crippen LogP contribution < -0.4 is 5.32 Å². The summed E-state index contributed by atoms with van der Waals surface area (Å²) in [6.45, 7) is -0.120. The first-order chi connectivity index (χ1) is 8.68. The summed E-state index contributed by atoms with van der Waals surface area (Å²) in [4.78, 5) is 10.1. The lowest BCUT2D eigenvalue weighted by atomic mass is 10.3. The first-order valence-electron chi connectivity index (χ1n) is 5.43. The number of aliphatic carboxylic acids is 1. The van der Waals surface area contributed by atoms with Crippen LogP contribution in [0.1, 0.15) is 0 Å². The minimum atomic E-state index is -0.914. The summed E-state index contributed by atoms with van der Waals surface area (Å²) >= 11 is 0. The number of carboxylic acid groups (broad SMARTS) is 1. The maximum absolute atomic E-state index is 10.1. The summed E-state index contributed by atoms with van der Waals surface area (Å²) in [5.74, 6) is -0.751. The third-order valence-electron chi connectivity index (χ3n) is 1.98. The normalized spacial score (nSPS) is 8.89. The molecule has 0 heterocycles. The maximum atomic E-state index is 10.1. The fraction of sp³-hybridized carbons (Fsp3) is 0.0714. The number of phenols is 1. The van der Waals surface area contributed by atoms with Crippen LogP contribution in [0.3, 0.4) is 0 Å². The van der Waals surface area contributed by atoms with Gasteiger partial charge in [-0.15, -0.1) is 0 Å². The van der Waals surface area contributed by atoms with Crippen LogP contribution >= 0.6 is 0 Å². The highest BCUT2D eigenvalue weighted by Crippen LogP contribution is 2.12. The van der Waals surface area contributed by atoms with Crippen molar-refractivity contribution in [2.75, 3.05) is 11.9 Å². The molecular formula is C14H15NO3. The van der Waals surface area contributed by atoms with Crippen molar-refractivity contribution in [1.29, 1.82) is 0 Å². The quantitative estimate of drug-likeness (QED) is 0.727. The molecule has 2 aromatic rings. The van der Waals surface area contributed by atoms with Crippen LogP contribution in [-0.4, -0.2) is 22.7 Å². The molecule has 0 aromatic heterocycles. The Balaban J connectivity index is 0.000000225. The molecular weight excluding hydrogens is 230 g/mol. The predicted octanol–water partition coefficient (Wildman–Crippen LogP) is 2.58. The van der Waals surface area contributed by atoms with Crippen LogP contribution in [0.4, 0.5) is 5.69 Å². The van der Waals surface area contributed by atoms with Gasteiger partial charge in [-0.3, -0.25) is 4.79 Å². The summed E-state index contributed by atoms with van der Waals surface area (Å²) in [7, 11) is 0. The fourth-order valence-electron chi connectivity index (χ4n) is 1.14. The molecule has 0 bridgehead atoms. The van der Waals surface area contributed by atoms with Gasteiger partial charge in [-0.25, -0.2) is 0 Å². The Labute approximate surface area is 106 Å². The first kappa shape index (κ1) is 13.6. The van der Waals surface area contributed by atoms with E-state index in [4.69, 9.17) is 10.2 Å². The van der Waals surface area contributed by atoms with Gasteiger partial charge < -0.3 is 15.5 Å². The van der Waals surface area contributed by atoms with E-state index in [2.05, 4.69) is 5.32 Å². The average molecular weight is 245 g/mol. The minimum Gasteiger partial charge on any atom is -0.508 e. The second kappa shape index (κ2) is 7.73. The van der Waals surface area contributed by atoms with E-state index < -0.39 is 5.97 Å². The Morgan fingerprint density at radius 2 is 1.39 bits per heavy atom. The van der Waals surface area contributed by atoms with E-state index in [0.717, 1.165) is 0 Å². The van der Waals surface area contributed by atoms with Crippen LogP contribution in [0.5, 0.6) is 5.75 Å². The zero-order valence-corrected chi connectivity index (χ0v) is 9.78. The van der Waals surface area contributed by atoms with Crippen LogP contribution in [0.25, 0.3) is 0 Å². The number of anilines is 1. The lowest BCUT2D eigenvalue weighted by molar-refractivity contribution is -0.134. The lowest BCUT2D eigenvalue weighted by Crippen LogP contribution is -2.11. The second-order valence-electron chi connectivity index (χ2n) is 3.45. The minimum absolute atomic E-state index is 0.120. The van der Waals surface area contributed by atoms with E-state index in [1.807, 2.05) is 36.4 Å². The van der Waals surface area contributed by atoms with E-state index in [9.17, 15) is 4.79 Å². The third-order valence-corrected chi connectivity index (χ3v) is 1.98. The van der Waals surface area contributed by atoms with Gasteiger partial charge in [0.05, 0.1) is 0 Å². The molecule has 0 unspecified atom stereocenters. The van der Waals surface area contributed by atoms with Gasteiger partial charge in [0.15, 0.2) is 0 Å². The summed E-state index contributed by atoms with van der Waals surface area (Å²) < 4.78 is 0. The molecule has 0 spiro atoms. The molecule has 0 aliphatic rings. The number of rotatable bonds is 3. The fourth-order valence-corrected chi connectivity index (χ4v) is 1.14. The zero-order chi connectivity index (χ0) is 13.2. The Hall–Kier alpha value is -2.49. The van der Waals surface area contributed by atoms with Gasteiger partial charge in [0.1, 0.15) is 12.3 Å². The molecule has 0 amide bonds. The summed E-state index contributed by atoms with van der Waals surface area (Å²) in [5, 5.41) is 19.9. The van der Waals surface area contributed by atoms with Crippen molar-refractivity contribution in [3.05, 3.63) is 60.7 Å². The van der Waals surface area contributed by atoms with Gasteiger partial charge >= 0.3 is 5.97 Å². The summed E-state index contributed by atoms with van der Waals surface area (Å²) in [6.07, 6.45) is 0. The lowest BCUT2D eigenvalue weighted by Gasteiger charge is -2.01. The van der Waals surface area contributed by atoms with Crippen LogP contribution in [0, 0.1) is 0 Å². The largest absolute Gasteiger partial charge is 0.508 e. The molecule has 18 heavy (non-hydrogen) atoms. The molecule has 0 fully saturated rings. The molecule has 0 atom stereocenters. The summed E-state index contributed by atoms with van der Waals surface area (Å²) in [5.41, 5.74) is 0.676. The topological polar surface area (TPSA) is 69.6 Å². The number of carbonyl (C=O) groups is 1. The number of aromatic hydroxyl groups is 1. The van der Waals surface area contributed by atoms with Crippen LogP contribution in [0.2, 0.25) is 0 Å². The van der Waals surface area contributed by atoms with Gasteiger partial charge in [-0.1, -0.05) is 36.4 Å². The Bertz CT molecular complexity index is 428. The van der Waals surface area contributed by atoms with E-state index in [1.54, 1.807) is 12.1 Å². The maximum Gasteiger partial charge on any atom is 0.322 e. The zero-order valence-electron chi connectivity index (χ0n) is 9.78. The molecule has 0 saturated heterocycles. The first-order valence-corrected chi connectivity index (χ1v) is 5.43. The van der Waals surface area contributed by atoms with Crippen molar-refractivity contribution in [2.24, 2.45) is 0 Å². The van der Waals surface area contributed by atoms with Crippen molar-refractivity contribution < 1.29 is 15.0 Å². The van der Waals surface area contributed by atoms with Gasteiger partial charge in [0, 0.05) is 5.69 Å². The molecule has 0 radical (unpaired) electrons. The smallest absolute Gasteiger partial charge is 0.322 e. The molecule has 3 N–H and O–H groups in total. The number of benzene rings is 2. The Morgan fingerprint density at radius 1 is 0.944 bits per heavy atom. The van der Waals surface area contributed by atoms with Gasteiger partial charge in [-0.05, 0) is 24.3 Å². The number of carboxylic acids is 1. The van der Waals surface area contributed by atoms with Gasteiger partial charge in [0.25, 0.3) is 0 Å². The summed E-state index contributed by atoms with van der Waals surface area (Å²) in [6, 6.07) is 18.2. The monoisotopic (exact) mass is 245 g/mol. The Morgan fingerprint density at radius 3 is 1.78 bits per heavy atom. The van der Waals surface area contributed by atoms with E-state index in [0.29, 0.717) is 5.69 Å². The van der Waals surface area contributed by atoms with E-state index in [-0.39, 0.29) is 12.3 Å². The molecule has 94 valence electrons. The average Bonchev–Trinajstić information content (AvgIpc) is 2.41. The number of phenolic OH excluding ortho intramolecular Hbond substituents is 1. The van der Waals surface area contributed by atoms with Crippen molar-refractivity contribution in [1.82, 2.24) is 0 Å². The van der Waals surface area contributed by atoms with E-state index >= 15 is 0 Å². The van der Waals surface area contributed by atoms with E-state index in [1.165, 1.54) is 12.1 Å². The number of nitrogens with one attached hydrogen (secondary N) is 1.